The number of ketones is 1. The van der Waals surface area contributed by atoms with Gasteiger partial charge in [0.25, 0.3) is 0 Å². The summed E-state index contributed by atoms with van der Waals surface area (Å²) < 4.78 is 13.1. The van der Waals surface area contributed by atoms with E-state index in [-0.39, 0.29) is 17.6 Å². The van der Waals surface area contributed by atoms with E-state index in [1.54, 1.807) is 4.90 Å². The minimum Gasteiger partial charge on any atom is -0.398 e. The number of thioether (sulfide) groups is 1. The van der Waals surface area contributed by atoms with Crippen LogP contribution in [0.15, 0.2) is 23.1 Å². The molecule has 1 aromatic rings. The monoisotopic (exact) mass is 297 g/mol. The Labute approximate surface area is 120 Å². The summed E-state index contributed by atoms with van der Waals surface area (Å²) in [6.07, 6.45) is 0.828. The quantitative estimate of drug-likeness (QED) is 0.507. The number of halogens is 1. The minimum atomic E-state index is -0.359. The van der Waals surface area contributed by atoms with Crippen LogP contribution < -0.4 is 11.1 Å². The van der Waals surface area contributed by atoms with Gasteiger partial charge in [0.15, 0.2) is 0 Å². The number of carbonyl (C=O) groups is 2. The summed E-state index contributed by atoms with van der Waals surface area (Å²) in [4.78, 5) is 25.1. The lowest BCUT2D eigenvalue weighted by Crippen LogP contribution is -2.44. The Morgan fingerprint density at radius 1 is 1.40 bits per heavy atom. The standard InChI is InChI=1S/C13H16FN3O2S/c14-9-1-2-11(15)12(7-9)20-8-16-13(19)17-5-3-10(18)4-6-17/h1-2,7H,3-6,8,15H2,(H,16,19). The lowest BCUT2D eigenvalue weighted by Gasteiger charge is -2.26. The summed E-state index contributed by atoms with van der Waals surface area (Å²) in [6.45, 7) is 0.912. The largest absolute Gasteiger partial charge is 0.398 e. The average molecular weight is 297 g/mol. The molecule has 0 saturated carbocycles. The Morgan fingerprint density at radius 2 is 2.10 bits per heavy atom. The molecular formula is C13H16FN3O2S. The van der Waals surface area contributed by atoms with Gasteiger partial charge in [0.1, 0.15) is 11.6 Å². The minimum absolute atomic E-state index is 0.191. The molecule has 1 aliphatic rings. The van der Waals surface area contributed by atoms with Crippen LogP contribution in [-0.2, 0) is 4.79 Å². The number of nitrogens with one attached hydrogen (secondary N) is 1. The lowest BCUT2D eigenvalue weighted by molar-refractivity contribution is -0.120. The fourth-order valence-corrected chi connectivity index (χ4v) is 2.66. The fourth-order valence-electron chi connectivity index (χ4n) is 1.88. The van der Waals surface area contributed by atoms with E-state index in [1.165, 1.54) is 30.0 Å². The summed E-state index contributed by atoms with van der Waals surface area (Å²) >= 11 is 1.26. The highest BCUT2D eigenvalue weighted by molar-refractivity contribution is 7.99. The molecule has 3 N–H and O–H groups in total. The van der Waals surface area contributed by atoms with E-state index in [1.807, 2.05) is 0 Å². The molecule has 1 heterocycles. The van der Waals surface area contributed by atoms with Crippen molar-refractivity contribution in [2.45, 2.75) is 17.7 Å². The molecule has 0 aliphatic carbocycles. The van der Waals surface area contributed by atoms with Crippen molar-refractivity contribution in [3.05, 3.63) is 24.0 Å². The molecule has 0 spiro atoms. The summed E-state index contributed by atoms with van der Waals surface area (Å²) in [5.41, 5.74) is 6.20. The number of nitrogen functional groups attached to an aromatic ring is 1. The first-order chi connectivity index (χ1) is 9.56. The molecule has 1 aliphatic heterocycles. The van der Waals surface area contributed by atoms with Crippen LogP contribution in [0.3, 0.4) is 0 Å². The molecule has 1 aromatic carbocycles. The number of hydrogen-bond acceptors (Lipinski definition) is 4. The molecule has 20 heavy (non-hydrogen) atoms. The lowest BCUT2D eigenvalue weighted by atomic mass is 10.1. The molecule has 0 bridgehead atoms. The van der Waals surface area contributed by atoms with E-state index in [0.29, 0.717) is 42.4 Å². The fraction of sp³-hybridized carbons (Fsp3) is 0.385. The highest BCUT2D eigenvalue weighted by Gasteiger charge is 2.20. The first-order valence-electron chi connectivity index (χ1n) is 6.28. The Kier molecular flexibility index (Phi) is 4.84. The Morgan fingerprint density at radius 3 is 2.80 bits per heavy atom. The van der Waals surface area contributed by atoms with Crippen molar-refractivity contribution < 1.29 is 14.0 Å². The highest BCUT2D eigenvalue weighted by atomic mass is 32.2. The van der Waals surface area contributed by atoms with Crippen LogP contribution in [0.4, 0.5) is 14.9 Å². The Balaban J connectivity index is 1.79. The maximum Gasteiger partial charge on any atom is 0.318 e. The molecule has 2 rings (SSSR count). The van der Waals surface area contributed by atoms with Crippen molar-refractivity contribution in [3.63, 3.8) is 0 Å². The molecule has 1 fully saturated rings. The van der Waals surface area contributed by atoms with Gasteiger partial charge in [0.05, 0.1) is 5.88 Å². The van der Waals surface area contributed by atoms with Gasteiger partial charge in [0, 0.05) is 36.5 Å². The first kappa shape index (κ1) is 14.6. The zero-order valence-electron chi connectivity index (χ0n) is 10.9. The van der Waals surface area contributed by atoms with Crippen LogP contribution in [0.1, 0.15) is 12.8 Å². The topological polar surface area (TPSA) is 75.4 Å². The molecule has 0 radical (unpaired) electrons. The number of hydrogen-bond donors (Lipinski definition) is 2. The van der Waals surface area contributed by atoms with Crippen LogP contribution in [0.5, 0.6) is 0 Å². The molecule has 108 valence electrons. The van der Waals surface area contributed by atoms with Crippen molar-refractivity contribution in [1.29, 1.82) is 0 Å². The van der Waals surface area contributed by atoms with Crippen molar-refractivity contribution in [3.8, 4) is 0 Å². The second-order valence-electron chi connectivity index (χ2n) is 4.48. The number of anilines is 1. The molecule has 5 nitrogen and oxygen atoms in total. The SMILES string of the molecule is Nc1ccc(F)cc1SCNC(=O)N1CCC(=O)CC1. The maximum atomic E-state index is 13.1. The van der Waals surface area contributed by atoms with Crippen LogP contribution in [0, 0.1) is 5.82 Å². The van der Waals surface area contributed by atoms with E-state index in [0.717, 1.165) is 0 Å². The predicted octanol–water partition coefficient (Wildman–Crippen LogP) is 1.83. The van der Waals surface area contributed by atoms with Crippen molar-refractivity contribution in [2.24, 2.45) is 0 Å². The van der Waals surface area contributed by atoms with Crippen LogP contribution in [0.2, 0.25) is 0 Å². The number of amides is 2. The van der Waals surface area contributed by atoms with Gasteiger partial charge in [-0.3, -0.25) is 4.79 Å². The Hall–Kier alpha value is -1.76. The van der Waals surface area contributed by atoms with Gasteiger partial charge in [-0.25, -0.2) is 9.18 Å². The average Bonchev–Trinajstić information content (AvgIpc) is 2.43. The number of nitrogens with zero attached hydrogens (tertiary/aromatic N) is 1. The number of piperidine rings is 1. The van der Waals surface area contributed by atoms with Crippen molar-refractivity contribution in [1.82, 2.24) is 10.2 Å². The van der Waals surface area contributed by atoms with Gasteiger partial charge in [-0.1, -0.05) is 0 Å². The molecule has 1 saturated heterocycles. The van der Waals surface area contributed by atoms with Gasteiger partial charge >= 0.3 is 6.03 Å². The molecule has 0 atom stereocenters. The normalized spacial score (nSPS) is 15.2. The van der Waals surface area contributed by atoms with Gasteiger partial charge in [-0.05, 0) is 18.2 Å². The third-order valence-corrected chi connectivity index (χ3v) is 3.99. The van der Waals surface area contributed by atoms with Gasteiger partial charge in [0.2, 0.25) is 0 Å². The van der Waals surface area contributed by atoms with Crippen LogP contribution >= 0.6 is 11.8 Å². The van der Waals surface area contributed by atoms with Crippen molar-refractivity contribution in [2.75, 3.05) is 24.7 Å². The molecule has 2 amide bonds. The van der Waals surface area contributed by atoms with E-state index in [9.17, 15) is 14.0 Å². The van der Waals surface area contributed by atoms with Gasteiger partial charge in [-0.15, -0.1) is 11.8 Å². The molecule has 0 unspecified atom stereocenters. The maximum absolute atomic E-state index is 13.1. The van der Waals surface area contributed by atoms with E-state index >= 15 is 0 Å². The van der Waals surface area contributed by atoms with Crippen molar-refractivity contribution >= 4 is 29.3 Å². The third kappa shape index (κ3) is 3.86. The smallest absolute Gasteiger partial charge is 0.318 e. The number of carbonyl (C=O) groups excluding carboxylic acids is 2. The Bertz CT molecular complexity index is 514. The first-order valence-corrected chi connectivity index (χ1v) is 7.27. The number of benzene rings is 1. The van der Waals surface area contributed by atoms with E-state index < -0.39 is 0 Å². The van der Waals surface area contributed by atoms with E-state index in [2.05, 4.69) is 5.32 Å². The van der Waals surface area contributed by atoms with Gasteiger partial charge in [-0.2, -0.15) is 0 Å². The molecular weight excluding hydrogens is 281 g/mol. The second kappa shape index (κ2) is 6.60. The third-order valence-electron chi connectivity index (χ3n) is 3.04. The van der Waals surface area contributed by atoms with Gasteiger partial charge < -0.3 is 16.0 Å². The molecule has 0 aromatic heterocycles. The van der Waals surface area contributed by atoms with Crippen LogP contribution in [0.25, 0.3) is 0 Å². The number of likely N-dealkylation sites (tertiary alicyclic amines) is 1. The number of rotatable bonds is 3. The number of nitrogens with two attached hydrogens (primary N) is 1. The summed E-state index contributed by atoms with van der Waals surface area (Å²) in [5.74, 6) is 0.134. The van der Waals surface area contributed by atoms with Crippen LogP contribution in [-0.4, -0.2) is 35.7 Å². The molecule has 7 heteroatoms. The number of urea groups is 1. The zero-order chi connectivity index (χ0) is 14.5. The second-order valence-corrected chi connectivity index (χ2v) is 5.50. The van der Waals surface area contributed by atoms with E-state index in [4.69, 9.17) is 5.73 Å². The highest BCUT2D eigenvalue weighted by Crippen LogP contribution is 2.24. The number of Topliss-reactive ketones (excluding diaryl/α,β-unsaturated/α-hetero) is 1. The zero-order valence-corrected chi connectivity index (χ0v) is 11.7. The summed E-state index contributed by atoms with van der Waals surface area (Å²) in [5, 5.41) is 2.72. The summed E-state index contributed by atoms with van der Waals surface area (Å²) in [6, 6.07) is 3.92. The summed E-state index contributed by atoms with van der Waals surface area (Å²) in [7, 11) is 0. The predicted molar refractivity (Wildman–Crippen MR) is 75.9 cm³/mol.